The van der Waals surface area contributed by atoms with Crippen molar-refractivity contribution < 1.29 is 14.7 Å². The molecule has 1 aliphatic heterocycles. The van der Waals surface area contributed by atoms with Crippen LogP contribution in [0.25, 0.3) is 6.08 Å². The van der Waals surface area contributed by atoms with Crippen LogP contribution in [0.15, 0.2) is 24.3 Å². The molecule has 1 aliphatic rings. The molecule has 1 fully saturated rings. The Balaban J connectivity index is 2.47. The van der Waals surface area contributed by atoms with Crippen molar-refractivity contribution in [2.24, 2.45) is 0 Å². The fraction of sp³-hybridized carbons (Fsp3) is 0.333. The molecule has 2 rings (SSSR count). The first-order chi connectivity index (χ1) is 9.82. The fourth-order valence-electron chi connectivity index (χ4n) is 2.39. The third kappa shape index (κ3) is 3.19. The lowest BCUT2D eigenvalue weighted by Crippen LogP contribution is -2.62. The lowest BCUT2D eigenvalue weighted by atomic mass is 9.96. The Bertz CT molecular complexity index is 611. The Morgan fingerprint density at radius 1 is 1.48 bits per heavy atom. The van der Waals surface area contributed by atoms with Gasteiger partial charge in [0.05, 0.1) is 0 Å². The smallest absolute Gasteiger partial charge is 0.328 e. The third-order valence-corrected chi connectivity index (χ3v) is 3.77. The van der Waals surface area contributed by atoms with Crippen molar-refractivity contribution in [3.8, 4) is 0 Å². The highest BCUT2D eigenvalue weighted by atomic mass is 35.5. The largest absolute Gasteiger partial charge is 0.478 e. The number of carboxylic acids is 1. The number of carbonyl (C=O) groups is 2. The summed E-state index contributed by atoms with van der Waals surface area (Å²) in [4.78, 5) is 24.7. The topological polar surface area (TPSA) is 69.6 Å². The molecule has 0 saturated carbocycles. The van der Waals surface area contributed by atoms with Gasteiger partial charge in [0.1, 0.15) is 5.54 Å². The van der Waals surface area contributed by atoms with Gasteiger partial charge in [0.15, 0.2) is 0 Å². The minimum atomic E-state index is -1.03. The fourth-order valence-corrected chi connectivity index (χ4v) is 2.57. The molecular formula is C15H17ClN2O3. The highest BCUT2D eigenvalue weighted by Crippen LogP contribution is 2.32. The molecule has 0 atom stereocenters. The number of anilines is 1. The Labute approximate surface area is 128 Å². The van der Waals surface area contributed by atoms with Gasteiger partial charge in [0, 0.05) is 29.9 Å². The molecular weight excluding hydrogens is 292 g/mol. The molecule has 0 spiro atoms. The number of nitrogens with zero attached hydrogens (tertiary/aromatic N) is 1. The Kier molecular flexibility index (Phi) is 4.23. The van der Waals surface area contributed by atoms with E-state index < -0.39 is 11.5 Å². The van der Waals surface area contributed by atoms with Crippen molar-refractivity contribution in [2.75, 3.05) is 18.0 Å². The first-order valence-electron chi connectivity index (χ1n) is 6.59. The van der Waals surface area contributed by atoms with E-state index in [1.165, 1.54) is 6.08 Å². The van der Waals surface area contributed by atoms with Gasteiger partial charge in [-0.15, -0.1) is 0 Å². The SMILES string of the molecule is CC1(C)C(=O)NCCN1c1ccc(Cl)cc1/C=C/C(=O)O. The van der Waals surface area contributed by atoms with Crippen molar-refractivity contribution in [1.82, 2.24) is 5.32 Å². The number of carboxylic acid groups (broad SMARTS) is 1. The van der Waals surface area contributed by atoms with Gasteiger partial charge in [-0.25, -0.2) is 4.79 Å². The molecule has 5 nitrogen and oxygen atoms in total. The number of halogens is 1. The van der Waals surface area contributed by atoms with Gasteiger partial charge in [-0.05, 0) is 43.7 Å². The average Bonchev–Trinajstić information content (AvgIpc) is 2.40. The first-order valence-corrected chi connectivity index (χ1v) is 6.96. The molecule has 21 heavy (non-hydrogen) atoms. The van der Waals surface area contributed by atoms with Gasteiger partial charge in [-0.3, -0.25) is 4.79 Å². The van der Waals surface area contributed by atoms with Gasteiger partial charge < -0.3 is 15.3 Å². The highest BCUT2D eigenvalue weighted by molar-refractivity contribution is 6.30. The van der Waals surface area contributed by atoms with Crippen LogP contribution in [0, 0.1) is 0 Å². The molecule has 0 unspecified atom stereocenters. The molecule has 1 aromatic rings. The summed E-state index contributed by atoms with van der Waals surface area (Å²) in [6, 6.07) is 5.24. The van der Waals surface area contributed by atoms with E-state index in [1.54, 1.807) is 12.1 Å². The number of hydrogen-bond acceptors (Lipinski definition) is 3. The summed E-state index contributed by atoms with van der Waals surface area (Å²) in [5.41, 5.74) is 0.752. The summed E-state index contributed by atoms with van der Waals surface area (Å²) < 4.78 is 0. The zero-order valence-electron chi connectivity index (χ0n) is 11.9. The molecule has 1 saturated heterocycles. The van der Waals surface area contributed by atoms with E-state index in [4.69, 9.17) is 16.7 Å². The van der Waals surface area contributed by atoms with Crippen molar-refractivity contribution in [1.29, 1.82) is 0 Å². The maximum Gasteiger partial charge on any atom is 0.328 e. The van der Waals surface area contributed by atoms with Gasteiger partial charge in [0.25, 0.3) is 0 Å². The first kappa shape index (κ1) is 15.4. The second-order valence-electron chi connectivity index (χ2n) is 5.34. The third-order valence-electron chi connectivity index (χ3n) is 3.54. The number of piperazine rings is 1. The van der Waals surface area contributed by atoms with Crippen LogP contribution in [-0.4, -0.2) is 35.6 Å². The number of amides is 1. The normalized spacial score (nSPS) is 17.9. The molecule has 0 radical (unpaired) electrons. The van der Waals surface area contributed by atoms with E-state index in [9.17, 15) is 9.59 Å². The standard InChI is InChI=1S/C15H17ClN2O3/c1-15(2)14(21)17-7-8-18(15)12-5-4-11(16)9-10(12)3-6-13(19)20/h3-6,9H,7-8H2,1-2H3,(H,17,21)(H,19,20)/b6-3+. The van der Waals surface area contributed by atoms with Crippen LogP contribution in [-0.2, 0) is 9.59 Å². The number of benzene rings is 1. The summed E-state index contributed by atoms with van der Waals surface area (Å²) in [5, 5.41) is 12.1. The van der Waals surface area contributed by atoms with E-state index >= 15 is 0 Å². The second kappa shape index (κ2) is 5.77. The molecule has 6 heteroatoms. The maximum absolute atomic E-state index is 12.1. The van der Waals surface area contributed by atoms with E-state index in [0.29, 0.717) is 23.7 Å². The van der Waals surface area contributed by atoms with Gasteiger partial charge in [-0.1, -0.05) is 11.6 Å². The van der Waals surface area contributed by atoms with Crippen LogP contribution >= 0.6 is 11.6 Å². The van der Waals surface area contributed by atoms with E-state index in [2.05, 4.69) is 5.32 Å². The minimum absolute atomic E-state index is 0.0585. The van der Waals surface area contributed by atoms with Crippen molar-refractivity contribution in [3.05, 3.63) is 34.9 Å². The molecule has 0 aliphatic carbocycles. The number of carbonyl (C=O) groups excluding carboxylic acids is 1. The summed E-state index contributed by atoms with van der Waals surface area (Å²) in [5.74, 6) is -1.09. The van der Waals surface area contributed by atoms with Crippen LogP contribution in [0.4, 0.5) is 5.69 Å². The maximum atomic E-state index is 12.1. The molecule has 1 aromatic carbocycles. The zero-order valence-corrected chi connectivity index (χ0v) is 12.6. The molecule has 2 N–H and O–H groups in total. The quantitative estimate of drug-likeness (QED) is 0.840. The van der Waals surface area contributed by atoms with Crippen LogP contribution in [0.1, 0.15) is 19.4 Å². The van der Waals surface area contributed by atoms with Crippen LogP contribution in [0.3, 0.4) is 0 Å². The molecule has 1 heterocycles. The van der Waals surface area contributed by atoms with Crippen molar-refractivity contribution in [2.45, 2.75) is 19.4 Å². The molecule has 112 valence electrons. The Morgan fingerprint density at radius 3 is 2.86 bits per heavy atom. The van der Waals surface area contributed by atoms with Gasteiger partial charge >= 0.3 is 5.97 Å². The summed E-state index contributed by atoms with van der Waals surface area (Å²) in [6.45, 7) is 4.86. The predicted octanol–water partition coefficient (Wildman–Crippen LogP) is 2.15. The van der Waals surface area contributed by atoms with Crippen LogP contribution in [0.5, 0.6) is 0 Å². The number of hydrogen-bond donors (Lipinski definition) is 2. The Hall–Kier alpha value is -2.01. The Morgan fingerprint density at radius 2 is 2.19 bits per heavy atom. The summed E-state index contributed by atoms with van der Waals surface area (Å²) in [7, 11) is 0. The van der Waals surface area contributed by atoms with Gasteiger partial charge in [0.2, 0.25) is 5.91 Å². The zero-order chi connectivity index (χ0) is 15.6. The van der Waals surface area contributed by atoms with E-state index in [1.807, 2.05) is 24.8 Å². The second-order valence-corrected chi connectivity index (χ2v) is 5.78. The van der Waals surface area contributed by atoms with Gasteiger partial charge in [-0.2, -0.15) is 0 Å². The minimum Gasteiger partial charge on any atom is -0.478 e. The number of nitrogens with one attached hydrogen (secondary N) is 1. The van der Waals surface area contributed by atoms with E-state index in [0.717, 1.165) is 11.8 Å². The lowest BCUT2D eigenvalue weighted by molar-refractivity contribution is -0.131. The number of aliphatic carboxylic acids is 1. The van der Waals surface area contributed by atoms with Crippen LogP contribution in [0.2, 0.25) is 5.02 Å². The van der Waals surface area contributed by atoms with Crippen molar-refractivity contribution in [3.63, 3.8) is 0 Å². The molecule has 1 amide bonds. The molecule has 0 bridgehead atoms. The van der Waals surface area contributed by atoms with E-state index in [-0.39, 0.29) is 5.91 Å². The predicted molar refractivity (Wildman–Crippen MR) is 82.6 cm³/mol. The van der Waals surface area contributed by atoms with Crippen LogP contribution < -0.4 is 10.2 Å². The lowest BCUT2D eigenvalue weighted by Gasteiger charge is -2.43. The highest BCUT2D eigenvalue weighted by Gasteiger charge is 2.38. The van der Waals surface area contributed by atoms with Crippen molar-refractivity contribution >= 4 is 35.2 Å². The monoisotopic (exact) mass is 308 g/mol. The summed E-state index contributed by atoms with van der Waals surface area (Å²) >= 11 is 5.99. The average molecular weight is 309 g/mol. The number of rotatable bonds is 3. The summed E-state index contributed by atoms with van der Waals surface area (Å²) in [6.07, 6.45) is 2.55. The molecule has 0 aromatic heterocycles.